The van der Waals surface area contributed by atoms with Gasteiger partial charge in [0.15, 0.2) is 5.96 Å². The van der Waals surface area contributed by atoms with Crippen LogP contribution >= 0.6 is 24.0 Å². The van der Waals surface area contributed by atoms with E-state index in [4.69, 9.17) is 0 Å². The van der Waals surface area contributed by atoms with Crippen molar-refractivity contribution in [2.75, 3.05) is 39.8 Å². The molecule has 0 bridgehead atoms. The summed E-state index contributed by atoms with van der Waals surface area (Å²) in [5.74, 6) is 1.74. The van der Waals surface area contributed by atoms with Crippen molar-refractivity contribution in [2.24, 2.45) is 10.9 Å². The first-order valence-electron chi connectivity index (χ1n) is 12.0. The molecule has 0 atom stereocenters. The van der Waals surface area contributed by atoms with Crippen molar-refractivity contribution in [1.29, 1.82) is 0 Å². The van der Waals surface area contributed by atoms with Crippen LogP contribution < -0.4 is 10.6 Å². The Morgan fingerprint density at radius 1 is 0.935 bits per heavy atom. The van der Waals surface area contributed by atoms with Crippen molar-refractivity contribution in [3.05, 3.63) is 0 Å². The summed E-state index contributed by atoms with van der Waals surface area (Å²) >= 11 is 0. The van der Waals surface area contributed by atoms with Gasteiger partial charge in [0.05, 0.1) is 0 Å². The van der Waals surface area contributed by atoms with Gasteiger partial charge in [-0.3, -0.25) is 14.6 Å². The molecule has 1 aliphatic carbocycles. The van der Waals surface area contributed by atoms with Gasteiger partial charge in [-0.2, -0.15) is 0 Å². The lowest BCUT2D eigenvalue weighted by atomic mass is 9.96. The number of piperazine rings is 1. The van der Waals surface area contributed by atoms with Crippen molar-refractivity contribution < 1.29 is 9.59 Å². The fraction of sp³-hybridized carbons (Fsp3) is 0.870. The minimum atomic E-state index is 0. The molecule has 0 aromatic heterocycles. The number of carbonyl (C=O) groups excluding carboxylic acids is 2. The van der Waals surface area contributed by atoms with E-state index >= 15 is 0 Å². The quantitative estimate of drug-likeness (QED) is 0.200. The number of guanidine groups is 1. The Hall–Kier alpha value is -1.06. The Kier molecular flexibility index (Phi) is 14.2. The highest BCUT2D eigenvalue weighted by Crippen LogP contribution is 2.17. The van der Waals surface area contributed by atoms with Gasteiger partial charge in [0.25, 0.3) is 0 Å². The molecule has 0 spiro atoms. The fourth-order valence-corrected chi connectivity index (χ4v) is 4.26. The van der Waals surface area contributed by atoms with Crippen LogP contribution in [0.15, 0.2) is 4.99 Å². The van der Waals surface area contributed by atoms with Gasteiger partial charge in [-0.25, -0.2) is 0 Å². The van der Waals surface area contributed by atoms with Gasteiger partial charge in [0.1, 0.15) is 0 Å². The van der Waals surface area contributed by atoms with E-state index in [1.165, 1.54) is 32.1 Å². The number of rotatable bonds is 9. The molecule has 2 fully saturated rings. The molecule has 1 saturated carbocycles. The molecule has 0 aromatic rings. The van der Waals surface area contributed by atoms with Crippen LogP contribution in [0.2, 0.25) is 0 Å². The number of unbranched alkanes of at least 4 members (excludes halogenated alkanes) is 2. The number of halogens is 1. The predicted molar refractivity (Wildman–Crippen MR) is 138 cm³/mol. The highest BCUT2D eigenvalue weighted by Gasteiger charge is 2.24. The summed E-state index contributed by atoms with van der Waals surface area (Å²) in [6, 6.07) is 0.559. The lowest BCUT2D eigenvalue weighted by Crippen LogP contribution is -2.50. The summed E-state index contributed by atoms with van der Waals surface area (Å²) in [6.45, 7) is 7.72. The van der Waals surface area contributed by atoms with Crippen LogP contribution in [0, 0.1) is 5.92 Å². The van der Waals surface area contributed by atoms with Crippen LogP contribution in [0.3, 0.4) is 0 Å². The fourth-order valence-electron chi connectivity index (χ4n) is 4.26. The summed E-state index contributed by atoms with van der Waals surface area (Å²) in [5.41, 5.74) is 0. The average molecular weight is 550 g/mol. The molecule has 180 valence electrons. The molecule has 1 aliphatic heterocycles. The SMILES string of the molecule is CN=C(NCCCCCC(=O)N1CCN(C(=O)CC(C)C)CC1)NC1CCCCC1.I. The molecule has 2 rings (SSSR count). The molecule has 2 amide bonds. The largest absolute Gasteiger partial charge is 0.356 e. The van der Waals surface area contributed by atoms with Crippen molar-refractivity contribution in [3.63, 3.8) is 0 Å². The van der Waals surface area contributed by atoms with E-state index in [1.807, 2.05) is 16.8 Å². The minimum Gasteiger partial charge on any atom is -0.356 e. The number of aliphatic imine (C=N–C) groups is 1. The lowest BCUT2D eigenvalue weighted by Gasteiger charge is -2.35. The first-order chi connectivity index (χ1) is 14.5. The van der Waals surface area contributed by atoms with Crippen LogP contribution in [-0.2, 0) is 9.59 Å². The molecule has 0 radical (unpaired) electrons. The van der Waals surface area contributed by atoms with Gasteiger partial charge in [0, 0.05) is 58.7 Å². The van der Waals surface area contributed by atoms with E-state index in [1.54, 1.807) is 0 Å². The summed E-state index contributed by atoms with van der Waals surface area (Å²) < 4.78 is 0. The van der Waals surface area contributed by atoms with E-state index in [0.29, 0.717) is 51.0 Å². The van der Waals surface area contributed by atoms with Gasteiger partial charge < -0.3 is 20.4 Å². The third-order valence-corrected chi connectivity index (χ3v) is 6.10. The first kappa shape index (κ1) is 28.0. The van der Waals surface area contributed by atoms with E-state index < -0.39 is 0 Å². The smallest absolute Gasteiger partial charge is 0.222 e. The maximum atomic E-state index is 12.4. The Balaban J connectivity index is 0.00000480. The molecule has 0 unspecified atom stereocenters. The minimum absolute atomic E-state index is 0. The zero-order valence-corrected chi connectivity index (χ0v) is 22.2. The topological polar surface area (TPSA) is 77.0 Å². The van der Waals surface area contributed by atoms with Gasteiger partial charge in [-0.15, -0.1) is 24.0 Å². The Labute approximate surface area is 206 Å². The van der Waals surface area contributed by atoms with E-state index in [0.717, 1.165) is 31.8 Å². The molecular weight excluding hydrogens is 505 g/mol. The second-order valence-electron chi connectivity index (χ2n) is 9.15. The Morgan fingerprint density at radius 3 is 2.13 bits per heavy atom. The van der Waals surface area contributed by atoms with Gasteiger partial charge >= 0.3 is 0 Å². The zero-order chi connectivity index (χ0) is 21.8. The lowest BCUT2D eigenvalue weighted by molar-refractivity contribution is -0.140. The third-order valence-electron chi connectivity index (χ3n) is 6.10. The van der Waals surface area contributed by atoms with E-state index in [9.17, 15) is 9.59 Å². The molecular formula is C23H44IN5O2. The molecule has 2 aliphatic rings. The second kappa shape index (κ2) is 15.7. The van der Waals surface area contributed by atoms with Crippen LogP contribution in [0.4, 0.5) is 0 Å². The summed E-state index contributed by atoms with van der Waals surface area (Å²) in [5, 5.41) is 6.93. The average Bonchev–Trinajstić information content (AvgIpc) is 2.75. The van der Waals surface area contributed by atoms with Crippen molar-refractivity contribution in [2.45, 2.75) is 84.1 Å². The molecule has 31 heavy (non-hydrogen) atoms. The van der Waals surface area contributed by atoms with Crippen LogP contribution in [0.25, 0.3) is 0 Å². The highest BCUT2D eigenvalue weighted by molar-refractivity contribution is 14.0. The normalized spacial score (nSPS) is 18.0. The van der Waals surface area contributed by atoms with Crippen LogP contribution in [0.1, 0.15) is 78.1 Å². The van der Waals surface area contributed by atoms with Crippen LogP contribution in [-0.4, -0.2) is 73.4 Å². The number of carbonyl (C=O) groups is 2. The number of hydrogen-bond donors (Lipinski definition) is 2. The molecule has 1 heterocycles. The van der Waals surface area contributed by atoms with Crippen molar-refractivity contribution >= 4 is 41.8 Å². The third kappa shape index (κ3) is 10.9. The van der Waals surface area contributed by atoms with E-state index in [2.05, 4.69) is 29.5 Å². The standard InChI is InChI=1S/C23H43N5O2.HI/c1-19(2)18-22(30)28-16-14-27(15-17-28)21(29)12-8-5-9-13-25-23(24-3)26-20-10-6-4-7-11-20;/h19-20H,4-18H2,1-3H3,(H2,24,25,26);1H. The van der Waals surface area contributed by atoms with Gasteiger partial charge in [-0.1, -0.05) is 39.5 Å². The zero-order valence-electron chi connectivity index (χ0n) is 19.8. The van der Waals surface area contributed by atoms with E-state index in [-0.39, 0.29) is 35.8 Å². The number of amides is 2. The summed E-state index contributed by atoms with van der Waals surface area (Å²) in [4.78, 5) is 32.7. The summed E-state index contributed by atoms with van der Waals surface area (Å²) in [7, 11) is 1.83. The molecule has 2 N–H and O–H groups in total. The maximum Gasteiger partial charge on any atom is 0.222 e. The number of nitrogens with zero attached hydrogens (tertiary/aromatic N) is 3. The molecule has 1 saturated heterocycles. The van der Waals surface area contributed by atoms with Crippen LogP contribution in [0.5, 0.6) is 0 Å². The van der Waals surface area contributed by atoms with Gasteiger partial charge in [0.2, 0.25) is 11.8 Å². The van der Waals surface area contributed by atoms with Gasteiger partial charge in [-0.05, 0) is 31.6 Å². The van der Waals surface area contributed by atoms with Crippen molar-refractivity contribution in [1.82, 2.24) is 20.4 Å². The van der Waals surface area contributed by atoms with Crippen molar-refractivity contribution in [3.8, 4) is 0 Å². The Morgan fingerprint density at radius 2 is 1.55 bits per heavy atom. The first-order valence-corrected chi connectivity index (χ1v) is 12.0. The monoisotopic (exact) mass is 549 g/mol. The molecule has 8 heteroatoms. The second-order valence-corrected chi connectivity index (χ2v) is 9.15. The maximum absolute atomic E-state index is 12.4. The Bertz CT molecular complexity index is 556. The number of hydrogen-bond acceptors (Lipinski definition) is 3. The molecule has 7 nitrogen and oxygen atoms in total. The highest BCUT2D eigenvalue weighted by atomic mass is 127. The summed E-state index contributed by atoms with van der Waals surface area (Å²) in [6.07, 6.45) is 10.7. The molecule has 0 aromatic carbocycles. The predicted octanol–water partition coefficient (Wildman–Crippen LogP) is 3.38. The number of nitrogens with one attached hydrogen (secondary N) is 2.